The normalized spacial score (nSPS) is 17.9. The number of anilines is 3. The fourth-order valence-electron chi connectivity index (χ4n) is 4.37. The maximum atomic E-state index is 12.0. The van der Waals surface area contributed by atoms with Crippen molar-refractivity contribution in [2.24, 2.45) is 0 Å². The van der Waals surface area contributed by atoms with E-state index in [1.165, 1.54) is 0 Å². The molecule has 3 aromatic rings. The van der Waals surface area contributed by atoms with Gasteiger partial charge in [0.1, 0.15) is 17.7 Å². The van der Waals surface area contributed by atoms with Crippen molar-refractivity contribution in [2.45, 2.75) is 38.2 Å². The Kier molecular flexibility index (Phi) is 5.48. The van der Waals surface area contributed by atoms with Crippen LogP contribution in [0.15, 0.2) is 28.8 Å². The van der Waals surface area contributed by atoms with Crippen LogP contribution in [0.25, 0.3) is 11.5 Å². The smallest absolute Gasteiger partial charge is 0.339 e. The topological polar surface area (TPSA) is 149 Å². The fourth-order valence-corrected chi connectivity index (χ4v) is 4.37. The third-order valence-corrected chi connectivity index (χ3v) is 6.25. The van der Waals surface area contributed by atoms with Crippen molar-refractivity contribution in [1.82, 2.24) is 25.1 Å². The number of nitrogens with zero attached hydrogens (tertiary/aromatic N) is 5. The van der Waals surface area contributed by atoms with Crippen LogP contribution >= 0.6 is 0 Å². The van der Waals surface area contributed by atoms with Gasteiger partial charge in [0.15, 0.2) is 0 Å². The van der Waals surface area contributed by atoms with E-state index in [1.807, 2.05) is 19.9 Å². The number of aromatic nitrogens is 4. The van der Waals surface area contributed by atoms with Crippen molar-refractivity contribution in [1.29, 1.82) is 0 Å². The predicted octanol–water partition coefficient (Wildman–Crippen LogP) is 2.64. The van der Waals surface area contributed by atoms with Gasteiger partial charge in [0.25, 0.3) is 5.89 Å². The van der Waals surface area contributed by atoms with Crippen molar-refractivity contribution in [2.75, 3.05) is 30.7 Å². The van der Waals surface area contributed by atoms with Crippen LogP contribution < -0.4 is 11.1 Å². The van der Waals surface area contributed by atoms with Gasteiger partial charge in [0, 0.05) is 23.4 Å². The Bertz CT molecular complexity index is 1250. The van der Waals surface area contributed by atoms with E-state index < -0.39 is 5.60 Å². The minimum atomic E-state index is -0.700. The molecule has 0 aliphatic carbocycles. The maximum Gasteiger partial charge on any atom is 0.339 e. The maximum absolute atomic E-state index is 12.0. The molecule has 2 aliphatic rings. The molecule has 1 saturated heterocycles. The molecule has 0 amide bonds. The zero-order valence-electron chi connectivity index (χ0n) is 18.9. The molecular formula is C23H25N7O4. The molecule has 3 N–H and O–H groups in total. The van der Waals surface area contributed by atoms with Gasteiger partial charge >= 0.3 is 5.97 Å². The summed E-state index contributed by atoms with van der Waals surface area (Å²) in [5.74, 6) is 1.14. The first kappa shape index (κ1) is 22.0. The number of benzene rings is 1. The molecule has 0 bridgehead atoms. The van der Waals surface area contributed by atoms with Gasteiger partial charge in [-0.1, -0.05) is 0 Å². The summed E-state index contributed by atoms with van der Waals surface area (Å²) in [5.41, 5.74) is 7.98. The molecule has 1 fully saturated rings. The van der Waals surface area contributed by atoms with Gasteiger partial charge in [0.05, 0.1) is 17.7 Å². The average Bonchev–Trinajstić information content (AvgIpc) is 3.37. The van der Waals surface area contributed by atoms with E-state index in [2.05, 4.69) is 30.4 Å². The van der Waals surface area contributed by atoms with Crippen LogP contribution in [-0.4, -0.2) is 57.0 Å². The van der Waals surface area contributed by atoms with E-state index in [9.17, 15) is 9.59 Å². The highest BCUT2D eigenvalue weighted by molar-refractivity contribution is 5.95. The molecule has 0 unspecified atom stereocenters. The third-order valence-electron chi connectivity index (χ3n) is 6.25. The van der Waals surface area contributed by atoms with E-state index >= 15 is 0 Å². The average molecular weight is 463 g/mol. The summed E-state index contributed by atoms with van der Waals surface area (Å²) in [5, 5.41) is 11.5. The fraction of sp³-hybridized carbons (Fsp3) is 0.391. The van der Waals surface area contributed by atoms with Crippen LogP contribution in [-0.2, 0) is 15.1 Å². The van der Waals surface area contributed by atoms with Crippen LogP contribution in [0.3, 0.4) is 0 Å². The number of nitrogens with two attached hydrogens (primary N) is 1. The third kappa shape index (κ3) is 4.10. The molecule has 0 atom stereocenters. The van der Waals surface area contributed by atoms with Crippen LogP contribution in [0.2, 0.25) is 0 Å². The molecule has 0 spiro atoms. The number of aldehydes is 1. The summed E-state index contributed by atoms with van der Waals surface area (Å²) < 4.78 is 11.3. The SMILES string of the molecule is CC1(C)OC(=O)c2ccc(Nc3ncc(-c4nnc(C5CCN(CC=O)CC5)o4)c(N)n3)cc21. The first-order valence-corrected chi connectivity index (χ1v) is 11.1. The Balaban J connectivity index is 1.30. The predicted molar refractivity (Wildman–Crippen MR) is 122 cm³/mol. The second-order valence-electron chi connectivity index (χ2n) is 8.96. The van der Waals surface area contributed by atoms with Gasteiger partial charge in [-0.25, -0.2) is 9.78 Å². The molecule has 176 valence electrons. The number of nitrogen functional groups attached to an aromatic ring is 1. The lowest BCUT2D eigenvalue weighted by Crippen LogP contribution is -2.34. The summed E-state index contributed by atoms with van der Waals surface area (Å²) in [7, 11) is 0. The monoisotopic (exact) mass is 463 g/mol. The van der Waals surface area contributed by atoms with Crippen LogP contribution in [0.1, 0.15) is 54.4 Å². The van der Waals surface area contributed by atoms with Crippen LogP contribution in [0.5, 0.6) is 0 Å². The van der Waals surface area contributed by atoms with Crippen molar-refractivity contribution in [3.8, 4) is 11.5 Å². The lowest BCUT2D eigenvalue weighted by Gasteiger charge is -2.28. The van der Waals surface area contributed by atoms with Crippen molar-refractivity contribution < 1.29 is 18.7 Å². The van der Waals surface area contributed by atoms with Gasteiger partial charge in [-0.05, 0) is 58.0 Å². The Hall–Kier alpha value is -3.86. The number of hydrogen-bond acceptors (Lipinski definition) is 11. The van der Waals surface area contributed by atoms with Gasteiger partial charge in [-0.2, -0.15) is 4.98 Å². The van der Waals surface area contributed by atoms with E-state index in [-0.39, 0.29) is 23.6 Å². The highest BCUT2D eigenvalue weighted by atomic mass is 16.6. The number of nitrogens with one attached hydrogen (secondary N) is 1. The number of hydrogen-bond donors (Lipinski definition) is 2. The lowest BCUT2D eigenvalue weighted by molar-refractivity contribution is -0.109. The number of esters is 1. The molecule has 0 saturated carbocycles. The zero-order valence-corrected chi connectivity index (χ0v) is 18.9. The number of piperidine rings is 1. The molecule has 2 aromatic heterocycles. The Morgan fingerprint density at radius 2 is 2.03 bits per heavy atom. The Morgan fingerprint density at radius 3 is 2.76 bits per heavy atom. The number of ether oxygens (including phenoxy) is 1. The highest BCUT2D eigenvalue weighted by Gasteiger charge is 2.37. The number of rotatable bonds is 6. The molecular weight excluding hydrogens is 438 g/mol. The quantitative estimate of drug-likeness (QED) is 0.410. The van der Waals surface area contributed by atoms with E-state index in [0.29, 0.717) is 35.2 Å². The molecule has 34 heavy (non-hydrogen) atoms. The lowest BCUT2D eigenvalue weighted by atomic mass is 9.95. The molecule has 1 aromatic carbocycles. The standard InChI is InChI=1S/C23H25N7O4/c1-23(2)17-11-14(3-4-15(17)21(32)34-23)26-22-25-12-16(18(24)27-22)20-29-28-19(33-20)13-5-7-30(8-6-13)9-10-31/h3-4,10-13H,5-9H2,1-2H3,(H3,24,25,26,27). The van der Waals surface area contributed by atoms with Crippen LogP contribution in [0, 0.1) is 0 Å². The minimum absolute atomic E-state index is 0.146. The summed E-state index contributed by atoms with van der Waals surface area (Å²) in [6.07, 6.45) is 4.16. The van der Waals surface area contributed by atoms with E-state index in [4.69, 9.17) is 14.9 Å². The number of carbonyl (C=O) groups excluding carboxylic acids is 2. The Labute approximate surface area is 195 Å². The molecule has 11 nitrogen and oxygen atoms in total. The zero-order chi connectivity index (χ0) is 23.9. The van der Waals surface area contributed by atoms with Crippen molar-refractivity contribution in [3.05, 3.63) is 41.4 Å². The molecule has 11 heteroatoms. The number of fused-ring (bicyclic) bond motifs is 1. The summed E-state index contributed by atoms with van der Waals surface area (Å²) in [4.78, 5) is 33.5. The second kappa shape index (κ2) is 8.49. The largest absolute Gasteiger partial charge is 0.451 e. The molecule has 5 rings (SSSR count). The van der Waals surface area contributed by atoms with Gasteiger partial charge in [-0.15, -0.1) is 10.2 Å². The Morgan fingerprint density at radius 1 is 1.24 bits per heavy atom. The summed E-state index contributed by atoms with van der Waals surface area (Å²) in [6, 6.07) is 5.33. The molecule has 0 radical (unpaired) electrons. The van der Waals surface area contributed by atoms with Gasteiger partial charge in [-0.3, -0.25) is 4.90 Å². The molecule has 4 heterocycles. The van der Waals surface area contributed by atoms with Crippen molar-refractivity contribution in [3.63, 3.8) is 0 Å². The van der Waals surface area contributed by atoms with Crippen LogP contribution in [0.4, 0.5) is 17.5 Å². The second-order valence-corrected chi connectivity index (χ2v) is 8.96. The highest BCUT2D eigenvalue weighted by Crippen LogP contribution is 2.37. The first-order chi connectivity index (χ1) is 16.3. The van der Waals surface area contributed by atoms with E-state index in [0.717, 1.165) is 37.8 Å². The summed E-state index contributed by atoms with van der Waals surface area (Å²) in [6.45, 7) is 5.76. The number of likely N-dealkylation sites (tertiary alicyclic amines) is 1. The first-order valence-electron chi connectivity index (χ1n) is 11.1. The number of carbonyl (C=O) groups is 2. The van der Waals surface area contributed by atoms with Gasteiger partial charge in [0.2, 0.25) is 11.8 Å². The minimum Gasteiger partial charge on any atom is -0.451 e. The van der Waals surface area contributed by atoms with E-state index in [1.54, 1.807) is 18.3 Å². The number of cyclic esters (lactones) is 1. The van der Waals surface area contributed by atoms with Crippen molar-refractivity contribution >= 4 is 29.7 Å². The summed E-state index contributed by atoms with van der Waals surface area (Å²) >= 11 is 0. The molecule has 2 aliphatic heterocycles. The van der Waals surface area contributed by atoms with Gasteiger partial charge < -0.3 is 25.0 Å².